The third kappa shape index (κ3) is 6.71. The van der Waals surface area contributed by atoms with E-state index >= 15 is 4.39 Å². The van der Waals surface area contributed by atoms with Gasteiger partial charge in [0.05, 0.1) is 18.4 Å². The van der Waals surface area contributed by atoms with Crippen LogP contribution < -0.4 is 25.2 Å². The van der Waals surface area contributed by atoms with Gasteiger partial charge in [0, 0.05) is 78.5 Å². The first-order chi connectivity index (χ1) is 21.9. The van der Waals surface area contributed by atoms with Gasteiger partial charge in [-0.25, -0.2) is 4.39 Å². The van der Waals surface area contributed by atoms with Crippen LogP contribution in [0, 0.1) is 5.82 Å². The Labute approximate surface area is 265 Å². The lowest BCUT2D eigenvalue weighted by Gasteiger charge is -2.38. The lowest BCUT2D eigenvalue weighted by atomic mass is 10.0. The standard InChI is InChI=1S/C34H32ClFN6O3/c1-45-32-9-6-23(35)19-31(32)42-16-14-41(15-17-42)25-7-8-27(28(36)20-25)33(43)40-30(34(44)39-24-10-12-37-13-11-24)18-22-21-38-29-5-3-2-4-26(22)29/h2-13,19-21,30,38H,14-18H2,1H3,(H,40,43)(H,37,39,44)/t30-/m1/s1. The van der Waals surface area contributed by atoms with Crippen LogP contribution in [-0.2, 0) is 11.2 Å². The molecule has 230 valence electrons. The number of aromatic amines is 1. The second kappa shape index (κ2) is 13.3. The molecule has 9 nitrogen and oxygen atoms in total. The molecule has 3 heterocycles. The Bertz CT molecular complexity index is 1820. The van der Waals surface area contributed by atoms with Crippen LogP contribution in [0.2, 0.25) is 5.02 Å². The summed E-state index contributed by atoms with van der Waals surface area (Å²) in [6.45, 7) is 2.65. The maximum Gasteiger partial charge on any atom is 0.254 e. The molecule has 45 heavy (non-hydrogen) atoms. The van der Waals surface area contributed by atoms with Crippen LogP contribution in [0.15, 0.2) is 91.4 Å². The first kappa shape index (κ1) is 30.0. The van der Waals surface area contributed by atoms with Gasteiger partial charge in [0.2, 0.25) is 5.91 Å². The number of para-hydroxylation sites is 1. The van der Waals surface area contributed by atoms with Crippen LogP contribution in [0.25, 0.3) is 10.9 Å². The Morgan fingerprint density at radius 2 is 1.76 bits per heavy atom. The van der Waals surface area contributed by atoms with Crippen LogP contribution in [-0.4, -0.2) is 61.1 Å². The highest BCUT2D eigenvalue weighted by molar-refractivity contribution is 6.31. The lowest BCUT2D eigenvalue weighted by molar-refractivity contribution is -0.118. The summed E-state index contributed by atoms with van der Waals surface area (Å²) in [6.07, 6.45) is 5.15. The molecular formula is C34H32ClFN6O3. The van der Waals surface area contributed by atoms with Crippen LogP contribution in [0.5, 0.6) is 5.75 Å². The monoisotopic (exact) mass is 626 g/mol. The molecule has 1 saturated heterocycles. The van der Waals surface area contributed by atoms with Gasteiger partial charge in [0.25, 0.3) is 5.91 Å². The zero-order valence-electron chi connectivity index (χ0n) is 24.6. The second-order valence-corrected chi connectivity index (χ2v) is 11.2. The molecule has 0 bridgehead atoms. The van der Waals surface area contributed by atoms with E-state index in [2.05, 4.69) is 30.4 Å². The number of nitrogens with one attached hydrogen (secondary N) is 3. The number of rotatable bonds is 9. The molecule has 3 N–H and O–H groups in total. The van der Waals surface area contributed by atoms with Gasteiger partial charge in [-0.3, -0.25) is 14.6 Å². The molecule has 1 atom stereocenters. The number of carbonyl (C=O) groups is 2. The zero-order chi connectivity index (χ0) is 31.3. The van der Waals surface area contributed by atoms with E-state index in [1.165, 1.54) is 12.1 Å². The van der Waals surface area contributed by atoms with Gasteiger partial charge in [0.15, 0.2) is 0 Å². The number of carbonyl (C=O) groups excluding carboxylic acids is 2. The molecule has 11 heteroatoms. The summed E-state index contributed by atoms with van der Waals surface area (Å²) in [5, 5.41) is 7.17. The highest BCUT2D eigenvalue weighted by atomic mass is 35.5. The SMILES string of the molecule is COc1ccc(Cl)cc1N1CCN(c2ccc(C(=O)N[C@H](Cc3c[nH]c4ccccc34)C(=O)Nc3ccncc3)c(F)c2)CC1. The Kier molecular flexibility index (Phi) is 8.84. The summed E-state index contributed by atoms with van der Waals surface area (Å²) in [7, 11) is 1.63. The number of methoxy groups -OCH3 is 1. The highest BCUT2D eigenvalue weighted by Gasteiger charge is 2.26. The number of piperazine rings is 1. The van der Waals surface area contributed by atoms with Gasteiger partial charge in [-0.2, -0.15) is 0 Å². The van der Waals surface area contributed by atoms with E-state index in [0.29, 0.717) is 42.6 Å². The van der Waals surface area contributed by atoms with E-state index in [1.54, 1.807) is 43.8 Å². The summed E-state index contributed by atoms with van der Waals surface area (Å²) < 4.78 is 21.0. The van der Waals surface area contributed by atoms with Gasteiger partial charge < -0.3 is 30.2 Å². The summed E-state index contributed by atoms with van der Waals surface area (Å²) >= 11 is 6.23. The quantitative estimate of drug-likeness (QED) is 0.195. The number of benzene rings is 3. The number of halogens is 2. The van der Waals surface area contributed by atoms with Crippen LogP contribution in [0.3, 0.4) is 0 Å². The predicted molar refractivity (Wildman–Crippen MR) is 175 cm³/mol. The van der Waals surface area contributed by atoms with E-state index < -0.39 is 23.7 Å². The van der Waals surface area contributed by atoms with Crippen molar-refractivity contribution in [1.82, 2.24) is 15.3 Å². The van der Waals surface area contributed by atoms with Crippen molar-refractivity contribution in [2.24, 2.45) is 0 Å². The zero-order valence-corrected chi connectivity index (χ0v) is 25.4. The molecule has 0 unspecified atom stereocenters. The number of fused-ring (bicyclic) bond motifs is 1. The Morgan fingerprint density at radius 3 is 2.51 bits per heavy atom. The molecule has 0 radical (unpaired) electrons. The van der Waals surface area contributed by atoms with E-state index in [1.807, 2.05) is 42.6 Å². The Hall–Kier alpha value is -5.09. The van der Waals surface area contributed by atoms with Crippen molar-refractivity contribution in [3.05, 3.63) is 113 Å². The van der Waals surface area contributed by atoms with Crippen molar-refractivity contribution in [2.75, 3.05) is 48.4 Å². The van der Waals surface area contributed by atoms with Gasteiger partial charge in [0.1, 0.15) is 17.6 Å². The molecule has 2 aromatic heterocycles. The third-order valence-electron chi connectivity index (χ3n) is 7.99. The van der Waals surface area contributed by atoms with Crippen molar-refractivity contribution < 1.29 is 18.7 Å². The fourth-order valence-electron chi connectivity index (χ4n) is 5.63. The van der Waals surface area contributed by atoms with Gasteiger partial charge in [-0.05, 0) is 60.2 Å². The molecular weight excluding hydrogens is 595 g/mol. The first-order valence-electron chi connectivity index (χ1n) is 14.6. The largest absolute Gasteiger partial charge is 0.495 e. The minimum atomic E-state index is -0.972. The summed E-state index contributed by atoms with van der Waals surface area (Å²) in [6, 6.07) is 20.2. The van der Waals surface area contributed by atoms with Crippen LogP contribution >= 0.6 is 11.6 Å². The normalized spacial score (nSPS) is 13.8. The Morgan fingerprint density at radius 1 is 1.00 bits per heavy atom. The number of pyridine rings is 1. The molecule has 0 saturated carbocycles. The van der Waals surface area contributed by atoms with Crippen molar-refractivity contribution >= 4 is 51.4 Å². The number of amides is 2. The van der Waals surface area contributed by atoms with Crippen molar-refractivity contribution in [1.29, 1.82) is 0 Å². The maximum absolute atomic E-state index is 15.5. The fraction of sp³-hybridized carbons (Fsp3) is 0.206. The molecule has 2 amide bonds. The van der Waals surface area contributed by atoms with Crippen molar-refractivity contribution in [3.8, 4) is 5.75 Å². The Balaban J connectivity index is 1.16. The van der Waals surface area contributed by atoms with Gasteiger partial charge in [-0.15, -0.1) is 0 Å². The number of nitrogens with zero attached hydrogens (tertiary/aromatic N) is 3. The fourth-order valence-corrected chi connectivity index (χ4v) is 5.80. The highest BCUT2D eigenvalue weighted by Crippen LogP contribution is 2.32. The van der Waals surface area contributed by atoms with Gasteiger partial charge >= 0.3 is 0 Å². The molecule has 1 aliphatic rings. The number of hydrogen-bond acceptors (Lipinski definition) is 6. The van der Waals surface area contributed by atoms with E-state index in [9.17, 15) is 9.59 Å². The number of H-pyrrole nitrogens is 1. The maximum atomic E-state index is 15.5. The van der Waals surface area contributed by atoms with Crippen molar-refractivity contribution in [3.63, 3.8) is 0 Å². The summed E-state index contributed by atoms with van der Waals surface area (Å²) in [4.78, 5) is 38.2. The number of ether oxygens (including phenoxy) is 1. The predicted octanol–water partition coefficient (Wildman–Crippen LogP) is 5.67. The van der Waals surface area contributed by atoms with Crippen LogP contribution in [0.4, 0.5) is 21.5 Å². The summed E-state index contributed by atoms with van der Waals surface area (Å²) in [5.74, 6) is -1.02. The average Bonchev–Trinajstić information content (AvgIpc) is 3.47. The molecule has 0 spiro atoms. The van der Waals surface area contributed by atoms with E-state index in [4.69, 9.17) is 16.3 Å². The molecule has 6 rings (SSSR count). The molecule has 1 aliphatic heterocycles. The number of anilines is 3. The second-order valence-electron chi connectivity index (χ2n) is 10.8. The molecule has 5 aromatic rings. The van der Waals surface area contributed by atoms with E-state index in [0.717, 1.165) is 27.9 Å². The first-order valence-corrected chi connectivity index (χ1v) is 15.0. The lowest BCUT2D eigenvalue weighted by Crippen LogP contribution is -2.47. The van der Waals surface area contributed by atoms with Gasteiger partial charge in [-0.1, -0.05) is 29.8 Å². The number of aromatic nitrogens is 2. The molecule has 1 fully saturated rings. The van der Waals surface area contributed by atoms with Crippen LogP contribution in [0.1, 0.15) is 15.9 Å². The molecule has 3 aromatic carbocycles. The molecule has 0 aliphatic carbocycles. The third-order valence-corrected chi connectivity index (χ3v) is 8.23. The number of hydrogen-bond donors (Lipinski definition) is 3. The minimum Gasteiger partial charge on any atom is -0.495 e. The topological polar surface area (TPSA) is 103 Å². The smallest absolute Gasteiger partial charge is 0.254 e. The average molecular weight is 627 g/mol. The van der Waals surface area contributed by atoms with E-state index in [-0.39, 0.29) is 12.0 Å². The summed E-state index contributed by atoms with van der Waals surface area (Å²) in [5.41, 5.74) is 3.76. The minimum absolute atomic E-state index is 0.137. The van der Waals surface area contributed by atoms with Crippen molar-refractivity contribution in [2.45, 2.75) is 12.5 Å².